The van der Waals surface area contributed by atoms with Crippen LogP contribution in [-0.4, -0.2) is 24.1 Å². The highest BCUT2D eigenvalue weighted by molar-refractivity contribution is 5.78. The summed E-state index contributed by atoms with van der Waals surface area (Å²) in [7, 11) is 1.45. The average Bonchev–Trinajstić information content (AvgIpc) is 3.17. The van der Waals surface area contributed by atoms with Crippen molar-refractivity contribution in [2.45, 2.75) is 82.3 Å². The van der Waals surface area contributed by atoms with Crippen LogP contribution in [0.15, 0.2) is 36.4 Å². The summed E-state index contributed by atoms with van der Waals surface area (Å²) in [4.78, 5) is 14.1. The normalized spacial score (nSPS) is 21.7. The van der Waals surface area contributed by atoms with E-state index in [-0.39, 0.29) is 24.1 Å². The topological polar surface area (TPSA) is 41.6 Å². The third-order valence-corrected chi connectivity index (χ3v) is 7.93. The standard InChI is InChI=1S/C28H29F9N2O2/c1-15-23(17-10-20(27(32,33)34)13-21(11-17)28(35,36)37)38-25(40)39(15)14-18-12-19(26(29,30)31)8-9-22(18)24(41-2)16-6-4-3-5-7-16/h8-13,15-16,23-24H,3-7,14H2,1-2H3,(H,38,40)/t15-,23-,24?/m0/s1. The van der Waals surface area contributed by atoms with Gasteiger partial charge >= 0.3 is 24.6 Å². The van der Waals surface area contributed by atoms with E-state index in [4.69, 9.17) is 4.74 Å². The smallest absolute Gasteiger partial charge is 0.376 e. The van der Waals surface area contributed by atoms with Gasteiger partial charge < -0.3 is 15.0 Å². The highest BCUT2D eigenvalue weighted by Gasteiger charge is 2.42. The van der Waals surface area contributed by atoms with E-state index in [0.29, 0.717) is 17.7 Å². The number of hydrogen-bond acceptors (Lipinski definition) is 2. The molecule has 0 radical (unpaired) electrons. The third kappa shape index (κ3) is 6.76. The lowest BCUT2D eigenvalue weighted by molar-refractivity contribution is -0.143. The number of nitrogens with zero attached hydrogens (tertiary/aromatic N) is 1. The van der Waals surface area contributed by atoms with Crippen molar-refractivity contribution in [2.75, 3.05) is 7.11 Å². The highest BCUT2D eigenvalue weighted by atomic mass is 19.4. The van der Waals surface area contributed by atoms with E-state index in [1.807, 2.05) is 0 Å². The van der Waals surface area contributed by atoms with E-state index in [0.717, 1.165) is 49.1 Å². The zero-order valence-electron chi connectivity index (χ0n) is 22.2. The minimum atomic E-state index is -5.08. The molecule has 1 heterocycles. The Morgan fingerprint density at radius 1 is 0.854 bits per heavy atom. The van der Waals surface area contributed by atoms with Gasteiger partial charge in [-0.05, 0) is 72.7 Å². The van der Waals surface area contributed by atoms with E-state index < -0.39 is 65.0 Å². The van der Waals surface area contributed by atoms with E-state index in [1.54, 1.807) is 0 Å². The molecule has 1 saturated carbocycles. The van der Waals surface area contributed by atoms with Crippen LogP contribution in [0.2, 0.25) is 0 Å². The lowest BCUT2D eigenvalue weighted by atomic mass is 9.81. The summed E-state index contributed by atoms with van der Waals surface area (Å²) in [5.41, 5.74) is -3.84. The fourth-order valence-electron chi connectivity index (χ4n) is 5.83. The molecule has 4 nitrogen and oxygen atoms in total. The van der Waals surface area contributed by atoms with Crippen LogP contribution in [0.1, 0.15) is 84.6 Å². The van der Waals surface area contributed by atoms with Crippen molar-refractivity contribution in [3.63, 3.8) is 0 Å². The van der Waals surface area contributed by atoms with Crippen molar-refractivity contribution >= 4 is 6.03 Å². The maximum Gasteiger partial charge on any atom is 0.416 e. The summed E-state index contributed by atoms with van der Waals surface area (Å²) < 4.78 is 127. The number of carbonyl (C=O) groups excluding carboxylic acids is 1. The Labute approximate surface area is 230 Å². The summed E-state index contributed by atoms with van der Waals surface area (Å²) in [6, 6.07) is 1.15. The SMILES string of the molecule is COC(c1ccc(C(F)(F)F)cc1CN1C(=O)N[C@H](c2cc(C(F)(F)F)cc(C(F)(F)F)c2)[C@@H]1C)C1CCCCC1. The predicted octanol–water partition coefficient (Wildman–Crippen LogP) is 8.67. The Bertz CT molecular complexity index is 1220. The van der Waals surface area contributed by atoms with Crippen LogP contribution in [0.5, 0.6) is 0 Å². The quantitative estimate of drug-likeness (QED) is 0.339. The summed E-state index contributed by atoms with van der Waals surface area (Å²) in [6.07, 6.45) is -10.9. The maximum absolute atomic E-state index is 13.6. The fourth-order valence-corrected chi connectivity index (χ4v) is 5.83. The molecule has 0 spiro atoms. The van der Waals surface area contributed by atoms with Crippen molar-refractivity contribution in [1.29, 1.82) is 0 Å². The third-order valence-electron chi connectivity index (χ3n) is 7.93. The Morgan fingerprint density at radius 3 is 1.93 bits per heavy atom. The van der Waals surface area contributed by atoms with Gasteiger partial charge in [-0.2, -0.15) is 39.5 Å². The molecule has 1 aliphatic carbocycles. The summed E-state index contributed by atoms with van der Waals surface area (Å²) >= 11 is 0. The van der Waals surface area contributed by atoms with E-state index in [1.165, 1.54) is 20.1 Å². The molecule has 2 aromatic carbocycles. The molecule has 1 saturated heterocycles. The molecule has 2 amide bonds. The lowest BCUT2D eigenvalue weighted by Gasteiger charge is -2.32. The van der Waals surface area contributed by atoms with Crippen molar-refractivity contribution < 1.29 is 49.0 Å². The van der Waals surface area contributed by atoms with Crippen molar-refractivity contribution in [1.82, 2.24) is 10.2 Å². The number of alkyl halides is 9. The molecule has 0 aromatic heterocycles. The first kappa shape index (κ1) is 31.0. The van der Waals surface area contributed by atoms with E-state index in [9.17, 15) is 44.3 Å². The minimum Gasteiger partial charge on any atom is -0.376 e. The molecule has 13 heteroatoms. The molecular formula is C28H29F9N2O2. The molecule has 3 atom stereocenters. The predicted molar refractivity (Wildman–Crippen MR) is 130 cm³/mol. The van der Waals surface area contributed by atoms with E-state index in [2.05, 4.69) is 5.32 Å². The Hall–Kier alpha value is -2.96. The molecule has 2 aliphatic rings. The number of nitrogens with one attached hydrogen (secondary N) is 1. The minimum absolute atomic E-state index is 0.00618. The molecule has 1 unspecified atom stereocenters. The number of halogens is 9. The molecule has 2 aromatic rings. The molecule has 41 heavy (non-hydrogen) atoms. The second-order valence-corrected chi connectivity index (χ2v) is 10.6. The number of benzene rings is 2. The maximum atomic E-state index is 13.6. The molecule has 4 rings (SSSR count). The number of carbonyl (C=O) groups is 1. The lowest BCUT2D eigenvalue weighted by Crippen LogP contribution is -2.33. The van der Waals surface area contributed by atoms with Gasteiger partial charge in [0.1, 0.15) is 0 Å². The number of rotatable bonds is 6. The summed E-state index contributed by atoms with van der Waals surface area (Å²) in [5, 5.41) is 2.42. The number of ether oxygens (including phenoxy) is 1. The first-order valence-corrected chi connectivity index (χ1v) is 13.1. The van der Waals surface area contributed by atoms with Crippen LogP contribution in [0.4, 0.5) is 44.3 Å². The van der Waals surface area contributed by atoms with Gasteiger partial charge in [-0.15, -0.1) is 0 Å². The van der Waals surface area contributed by atoms with Gasteiger partial charge in [0, 0.05) is 13.7 Å². The molecule has 0 bridgehead atoms. The number of methoxy groups -OCH3 is 1. The van der Waals surface area contributed by atoms with Crippen molar-refractivity contribution in [3.05, 3.63) is 69.8 Å². The van der Waals surface area contributed by atoms with Crippen LogP contribution in [-0.2, 0) is 29.8 Å². The zero-order valence-corrected chi connectivity index (χ0v) is 22.2. The van der Waals surface area contributed by atoms with Gasteiger partial charge in [-0.1, -0.05) is 25.3 Å². The van der Waals surface area contributed by atoms with Crippen LogP contribution in [0, 0.1) is 5.92 Å². The second kappa shape index (κ2) is 11.4. The van der Waals surface area contributed by atoms with Crippen LogP contribution in [0.3, 0.4) is 0 Å². The average molecular weight is 597 g/mol. The van der Waals surface area contributed by atoms with E-state index >= 15 is 0 Å². The second-order valence-electron chi connectivity index (χ2n) is 10.6. The van der Waals surface area contributed by atoms with Gasteiger partial charge in [0.2, 0.25) is 0 Å². The first-order chi connectivity index (χ1) is 19.0. The fraction of sp³-hybridized carbons (Fsp3) is 0.536. The van der Waals surface area contributed by atoms with Gasteiger partial charge in [0.05, 0.1) is 34.9 Å². The Morgan fingerprint density at radius 2 is 1.41 bits per heavy atom. The molecule has 226 valence electrons. The number of urea groups is 1. The zero-order chi connectivity index (χ0) is 30.3. The van der Waals surface area contributed by atoms with Crippen LogP contribution in [0.25, 0.3) is 0 Å². The Kier molecular flexibility index (Phi) is 8.60. The van der Waals surface area contributed by atoms with Gasteiger partial charge in [0.15, 0.2) is 0 Å². The largest absolute Gasteiger partial charge is 0.416 e. The van der Waals surface area contributed by atoms with Crippen LogP contribution < -0.4 is 5.32 Å². The Balaban J connectivity index is 1.71. The summed E-state index contributed by atoms with van der Waals surface area (Å²) in [6.45, 7) is 1.05. The molecule has 1 N–H and O–H groups in total. The van der Waals surface area contributed by atoms with Gasteiger partial charge in [-0.3, -0.25) is 0 Å². The number of amides is 2. The first-order valence-electron chi connectivity index (χ1n) is 13.1. The monoisotopic (exact) mass is 596 g/mol. The van der Waals surface area contributed by atoms with Gasteiger partial charge in [-0.25, -0.2) is 4.79 Å². The molecule has 1 aliphatic heterocycles. The van der Waals surface area contributed by atoms with Gasteiger partial charge in [0.25, 0.3) is 0 Å². The number of hydrogen-bond donors (Lipinski definition) is 1. The molecule has 2 fully saturated rings. The highest BCUT2D eigenvalue weighted by Crippen LogP contribution is 2.42. The van der Waals surface area contributed by atoms with Crippen molar-refractivity contribution in [2.24, 2.45) is 5.92 Å². The summed E-state index contributed by atoms with van der Waals surface area (Å²) in [5.74, 6) is 0.0349. The van der Waals surface area contributed by atoms with Crippen LogP contribution >= 0.6 is 0 Å². The molecular weight excluding hydrogens is 567 g/mol. The van der Waals surface area contributed by atoms with Crippen molar-refractivity contribution in [3.8, 4) is 0 Å².